The minimum atomic E-state index is -1.50. The second-order valence-corrected chi connectivity index (χ2v) is 8.53. The van der Waals surface area contributed by atoms with Gasteiger partial charge in [0, 0.05) is 11.7 Å². The van der Waals surface area contributed by atoms with Crippen LogP contribution in [0.15, 0.2) is 30.3 Å². The zero-order valence-corrected chi connectivity index (χ0v) is 16.4. The van der Waals surface area contributed by atoms with Gasteiger partial charge in [0.2, 0.25) is 5.91 Å². The van der Waals surface area contributed by atoms with Crippen LogP contribution < -0.4 is 10.1 Å². The molecule has 1 fully saturated rings. The van der Waals surface area contributed by atoms with Crippen molar-refractivity contribution in [1.82, 2.24) is 10.2 Å². The summed E-state index contributed by atoms with van der Waals surface area (Å²) in [5.41, 5.74) is 0. The van der Waals surface area contributed by atoms with Crippen molar-refractivity contribution in [3.63, 3.8) is 0 Å². The number of hydrogen-bond donors (Lipinski definition) is 3. The fourth-order valence-corrected chi connectivity index (χ4v) is 4.73. The van der Waals surface area contributed by atoms with Crippen LogP contribution in [-0.4, -0.2) is 67.7 Å². The third-order valence-electron chi connectivity index (χ3n) is 4.21. The Morgan fingerprint density at radius 3 is 2.32 bits per heavy atom. The monoisotopic (exact) mass is 410 g/mol. The largest absolute Gasteiger partial charge is 0.484 e. The Morgan fingerprint density at radius 1 is 1.21 bits per heavy atom. The molecule has 2 rings (SSSR count). The molecule has 2 amide bonds. The van der Waals surface area contributed by atoms with E-state index in [0.29, 0.717) is 5.75 Å². The summed E-state index contributed by atoms with van der Waals surface area (Å²) in [5, 5.41) is 20.4. The van der Waals surface area contributed by atoms with Gasteiger partial charge in [-0.2, -0.15) is 0 Å². The SMILES string of the molecule is CC(=O)N1C(C(NC(=O)COc2ccccc2)C(=O)O)SC(C)(C)[C@@H]1C(=O)O. The minimum absolute atomic E-state index is 0.420. The fourth-order valence-electron chi connectivity index (χ4n) is 3.06. The molecule has 28 heavy (non-hydrogen) atoms. The number of carboxylic acids is 2. The van der Waals surface area contributed by atoms with Crippen LogP contribution >= 0.6 is 11.8 Å². The molecule has 3 atom stereocenters. The van der Waals surface area contributed by atoms with E-state index < -0.39 is 52.6 Å². The van der Waals surface area contributed by atoms with E-state index in [1.807, 2.05) is 0 Å². The molecule has 0 saturated carbocycles. The zero-order valence-electron chi connectivity index (χ0n) is 15.6. The van der Waals surface area contributed by atoms with Gasteiger partial charge in [0.15, 0.2) is 12.6 Å². The number of thioether (sulfide) groups is 1. The van der Waals surface area contributed by atoms with Gasteiger partial charge in [-0.15, -0.1) is 11.8 Å². The van der Waals surface area contributed by atoms with Crippen molar-refractivity contribution >= 4 is 35.5 Å². The highest BCUT2D eigenvalue weighted by molar-refractivity contribution is 8.01. The molecule has 1 aromatic carbocycles. The summed E-state index contributed by atoms with van der Waals surface area (Å²) in [5.74, 6) is -3.46. The number of rotatable bonds is 7. The average molecular weight is 410 g/mol. The quantitative estimate of drug-likeness (QED) is 0.601. The minimum Gasteiger partial charge on any atom is -0.484 e. The first-order chi connectivity index (χ1) is 13.0. The fraction of sp³-hybridized carbons (Fsp3) is 0.444. The molecule has 0 radical (unpaired) electrons. The lowest BCUT2D eigenvalue weighted by Crippen LogP contribution is -2.57. The highest BCUT2D eigenvalue weighted by Crippen LogP contribution is 2.45. The van der Waals surface area contributed by atoms with Gasteiger partial charge in [-0.25, -0.2) is 9.59 Å². The van der Waals surface area contributed by atoms with Crippen LogP contribution in [0.25, 0.3) is 0 Å². The first-order valence-corrected chi connectivity index (χ1v) is 9.32. The lowest BCUT2D eigenvalue weighted by atomic mass is 10.0. The van der Waals surface area contributed by atoms with Crippen LogP contribution in [0.1, 0.15) is 20.8 Å². The molecule has 0 bridgehead atoms. The number of hydrogen-bond acceptors (Lipinski definition) is 6. The Bertz CT molecular complexity index is 768. The predicted octanol–water partition coefficient (Wildman–Crippen LogP) is 0.788. The Kier molecular flexibility index (Phi) is 6.55. The summed E-state index contributed by atoms with van der Waals surface area (Å²) >= 11 is 1.02. The molecule has 9 nitrogen and oxygen atoms in total. The number of nitrogens with one attached hydrogen (secondary N) is 1. The van der Waals surface area contributed by atoms with Gasteiger partial charge in [-0.1, -0.05) is 18.2 Å². The van der Waals surface area contributed by atoms with E-state index in [1.165, 1.54) is 6.92 Å². The summed E-state index contributed by atoms with van der Waals surface area (Å²) in [7, 11) is 0. The normalized spacial score (nSPS) is 21.6. The Balaban J connectivity index is 2.17. The second kappa shape index (κ2) is 8.51. The van der Waals surface area contributed by atoms with Gasteiger partial charge in [-0.05, 0) is 26.0 Å². The Hall–Kier alpha value is -2.75. The summed E-state index contributed by atoms with van der Waals surface area (Å²) in [6, 6.07) is 5.80. The maximum Gasteiger partial charge on any atom is 0.329 e. The van der Waals surface area contributed by atoms with Crippen molar-refractivity contribution in [2.45, 2.75) is 43.0 Å². The average Bonchev–Trinajstić information content (AvgIpc) is 2.89. The van der Waals surface area contributed by atoms with Gasteiger partial charge in [-0.3, -0.25) is 9.59 Å². The first-order valence-electron chi connectivity index (χ1n) is 8.44. The highest BCUT2D eigenvalue weighted by atomic mass is 32.2. The Labute approximate surface area is 166 Å². The molecule has 1 heterocycles. The summed E-state index contributed by atoms with van der Waals surface area (Å²) in [6.07, 6.45) is 0. The van der Waals surface area contributed by atoms with E-state index >= 15 is 0 Å². The maximum absolute atomic E-state index is 12.2. The van der Waals surface area contributed by atoms with Gasteiger partial charge < -0.3 is 25.2 Å². The number of carbonyl (C=O) groups is 4. The second-order valence-electron chi connectivity index (χ2n) is 6.76. The van der Waals surface area contributed by atoms with Crippen LogP contribution in [0.3, 0.4) is 0 Å². The number of aliphatic carboxylic acids is 2. The van der Waals surface area contributed by atoms with E-state index in [-0.39, 0.29) is 0 Å². The van der Waals surface area contributed by atoms with Crippen molar-refractivity contribution < 1.29 is 34.1 Å². The summed E-state index contributed by atoms with van der Waals surface area (Å²) in [4.78, 5) is 48.8. The molecule has 0 aromatic heterocycles. The molecule has 2 unspecified atom stereocenters. The number of para-hydroxylation sites is 1. The van der Waals surface area contributed by atoms with Crippen molar-refractivity contribution in [2.75, 3.05) is 6.61 Å². The van der Waals surface area contributed by atoms with Crippen molar-refractivity contribution in [2.24, 2.45) is 0 Å². The van der Waals surface area contributed by atoms with Crippen LogP contribution in [-0.2, 0) is 19.2 Å². The first kappa shape index (κ1) is 21.5. The molecule has 3 N–H and O–H groups in total. The van der Waals surface area contributed by atoms with E-state index in [2.05, 4.69) is 5.32 Å². The van der Waals surface area contributed by atoms with Crippen molar-refractivity contribution in [3.05, 3.63) is 30.3 Å². The number of benzene rings is 1. The van der Waals surface area contributed by atoms with Crippen LogP contribution in [0.5, 0.6) is 5.75 Å². The summed E-state index contributed by atoms with van der Waals surface area (Å²) < 4.78 is 4.36. The standard InChI is InChI=1S/C18H22N2O7S/c1-10(21)20-14(17(25)26)18(2,3)28-15(20)13(16(23)24)19-12(22)9-27-11-7-5-4-6-8-11/h4-8,13-15H,9H2,1-3H3,(H,19,22)(H,23,24)(H,25,26)/t13?,14-,15?/m0/s1. The molecular weight excluding hydrogens is 388 g/mol. The van der Waals surface area contributed by atoms with Crippen molar-refractivity contribution in [3.8, 4) is 5.75 Å². The molecule has 0 spiro atoms. The highest BCUT2D eigenvalue weighted by Gasteiger charge is 2.56. The van der Waals surface area contributed by atoms with E-state index in [1.54, 1.807) is 44.2 Å². The van der Waals surface area contributed by atoms with Gasteiger partial charge >= 0.3 is 11.9 Å². The number of carboxylic acid groups (broad SMARTS) is 2. The van der Waals surface area contributed by atoms with Gasteiger partial charge in [0.05, 0.1) is 0 Å². The molecule has 1 aromatic rings. The predicted molar refractivity (Wildman–Crippen MR) is 101 cm³/mol. The third-order valence-corrected chi connectivity index (χ3v) is 5.79. The van der Waals surface area contributed by atoms with Crippen molar-refractivity contribution in [1.29, 1.82) is 0 Å². The lowest BCUT2D eigenvalue weighted by Gasteiger charge is -2.31. The Morgan fingerprint density at radius 2 is 1.82 bits per heavy atom. The van der Waals surface area contributed by atoms with E-state index in [4.69, 9.17) is 4.74 Å². The number of amides is 2. The van der Waals surface area contributed by atoms with Crippen LogP contribution in [0, 0.1) is 0 Å². The smallest absolute Gasteiger partial charge is 0.329 e. The topological polar surface area (TPSA) is 133 Å². The van der Waals surface area contributed by atoms with Crippen LogP contribution in [0.2, 0.25) is 0 Å². The van der Waals surface area contributed by atoms with E-state index in [9.17, 15) is 29.4 Å². The summed E-state index contributed by atoms with van der Waals surface area (Å²) in [6.45, 7) is 3.98. The lowest BCUT2D eigenvalue weighted by molar-refractivity contribution is -0.153. The van der Waals surface area contributed by atoms with E-state index in [0.717, 1.165) is 16.7 Å². The molecule has 152 valence electrons. The molecule has 10 heteroatoms. The number of carbonyl (C=O) groups excluding carboxylic acids is 2. The van der Waals surface area contributed by atoms with Gasteiger partial charge in [0.1, 0.15) is 17.2 Å². The molecule has 0 aliphatic carbocycles. The maximum atomic E-state index is 12.2. The van der Waals surface area contributed by atoms with Crippen LogP contribution in [0.4, 0.5) is 0 Å². The third kappa shape index (κ3) is 4.75. The van der Waals surface area contributed by atoms with Gasteiger partial charge in [0.25, 0.3) is 5.91 Å². The molecular formula is C18H22N2O7S. The molecule has 1 aliphatic heterocycles. The molecule has 1 aliphatic rings. The number of ether oxygens (including phenoxy) is 1. The molecule has 1 saturated heterocycles. The zero-order chi connectivity index (χ0) is 21.1. The number of nitrogens with zero attached hydrogens (tertiary/aromatic N) is 1.